The summed E-state index contributed by atoms with van der Waals surface area (Å²) in [4.78, 5) is 12.7. The molecular formula is C14H18N2OS. The first kappa shape index (κ1) is 13.0. The van der Waals surface area contributed by atoms with E-state index in [9.17, 15) is 4.79 Å². The lowest BCUT2D eigenvalue weighted by atomic mass is 9.85. The molecule has 1 aliphatic rings. The molecule has 1 amide bonds. The number of anilines is 1. The second kappa shape index (κ2) is 5.06. The predicted octanol–water partition coefficient (Wildman–Crippen LogP) is 2.78. The number of nitrogens with one attached hydrogen (secondary N) is 1. The first-order valence-corrected chi connectivity index (χ1v) is 6.63. The number of hydrogen-bond acceptors (Lipinski definition) is 2. The molecular weight excluding hydrogens is 244 g/mol. The summed E-state index contributed by atoms with van der Waals surface area (Å²) in [6, 6.07) is 7.74. The first-order chi connectivity index (χ1) is 8.54. The van der Waals surface area contributed by atoms with Gasteiger partial charge in [0, 0.05) is 5.69 Å². The van der Waals surface area contributed by atoms with Crippen molar-refractivity contribution in [2.75, 3.05) is 5.32 Å². The molecule has 96 valence electrons. The van der Waals surface area contributed by atoms with Crippen LogP contribution in [0.2, 0.25) is 0 Å². The molecule has 0 bridgehead atoms. The molecule has 0 atom stereocenters. The van der Waals surface area contributed by atoms with Crippen LogP contribution in [0, 0.1) is 12.3 Å². The van der Waals surface area contributed by atoms with Crippen LogP contribution in [0.4, 0.5) is 5.69 Å². The van der Waals surface area contributed by atoms with Gasteiger partial charge in [-0.2, -0.15) is 0 Å². The maximum atomic E-state index is 12.4. The Bertz CT molecular complexity index is 461. The number of carbonyl (C=O) groups is 1. The number of hydrogen-bond donors (Lipinski definition) is 2. The highest BCUT2D eigenvalue weighted by Crippen LogP contribution is 2.39. The van der Waals surface area contributed by atoms with Gasteiger partial charge in [0.05, 0.1) is 10.4 Å². The molecule has 18 heavy (non-hydrogen) atoms. The van der Waals surface area contributed by atoms with E-state index in [0.29, 0.717) is 4.99 Å². The van der Waals surface area contributed by atoms with E-state index in [4.69, 9.17) is 18.0 Å². The Labute approximate surface area is 113 Å². The largest absolute Gasteiger partial charge is 0.392 e. The van der Waals surface area contributed by atoms with Gasteiger partial charge < -0.3 is 11.1 Å². The van der Waals surface area contributed by atoms with Crippen molar-refractivity contribution < 1.29 is 4.79 Å². The fraction of sp³-hybridized carbons (Fsp3) is 0.429. The van der Waals surface area contributed by atoms with E-state index < -0.39 is 5.41 Å². The van der Waals surface area contributed by atoms with Gasteiger partial charge in [0.2, 0.25) is 5.91 Å². The first-order valence-electron chi connectivity index (χ1n) is 6.23. The van der Waals surface area contributed by atoms with E-state index in [0.717, 1.165) is 36.9 Å². The molecule has 1 saturated carbocycles. The minimum Gasteiger partial charge on any atom is -0.392 e. The van der Waals surface area contributed by atoms with E-state index in [1.54, 1.807) is 0 Å². The van der Waals surface area contributed by atoms with Crippen LogP contribution >= 0.6 is 12.2 Å². The number of rotatable bonds is 3. The minimum absolute atomic E-state index is 0.0589. The SMILES string of the molecule is Cc1ccc(NC(=O)C2(C(N)=S)CCCC2)cc1. The zero-order chi connectivity index (χ0) is 13.2. The molecule has 4 heteroatoms. The van der Waals surface area contributed by atoms with Gasteiger partial charge in [0.15, 0.2) is 0 Å². The molecule has 1 fully saturated rings. The second-order valence-electron chi connectivity index (χ2n) is 4.97. The third-order valence-electron chi connectivity index (χ3n) is 3.67. The zero-order valence-corrected chi connectivity index (χ0v) is 11.3. The predicted molar refractivity (Wildman–Crippen MR) is 77.5 cm³/mol. The lowest BCUT2D eigenvalue weighted by Gasteiger charge is -2.26. The van der Waals surface area contributed by atoms with Gasteiger partial charge in [0.1, 0.15) is 0 Å². The zero-order valence-electron chi connectivity index (χ0n) is 10.5. The summed E-state index contributed by atoms with van der Waals surface area (Å²) < 4.78 is 0. The summed E-state index contributed by atoms with van der Waals surface area (Å²) >= 11 is 5.10. The summed E-state index contributed by atoms with van der Waals surface area (Å²) in [7, 11) is 0. The van der Waals surface area contributed by atoms with Crippen molar-refractivity contribution in [3.63, 3.8) is 0 Å². The van der Waals surface area contributed by atoms with Gasteiger partial charge in [-0.1, -0.05) is 42.8 Å². The standard InChI is InChI=1S/C14H18N2OS/c1-10-4-6-11(7-5-10)16-13(17)14(12(15)18)8-2-3-9-14/h4-7H,2-3,8-9H2,1H3,(H2,15,18)(H,16,17). The Morgan fingerprint density at radius 3 is 2.33 bits per heavy atom. The van der Waals surface area contributed by atoms with Crippen LogP contribution in [-0.2, 0) is 4.79 Å². The van der Waals surface area contributed by atoms with Gasteiger partial charge in [-0.3, -0.25) is 4.79 Å². The molecule has 1 aromatic rings. The third kappa shape index (κ3) is 2.38. The molecule has 3 nitrogen and oxygen atoms in total. The third-order valence-corrected chi connectivity index (χ3v) is 4.06. The second-order valence-corrected chi connectivity index (χ2v) is 5.41. The summed E-state index contributed by atoms with van der Waals surface area (Å²) in [5.41, 5.74) is 7.11. The van der Waals surface area contributed by atoms with Crippen LogP contribution < -0.4 is 11.1 Å². The van der Waals surface area contributed by atoms with Crippen LogP contribution in [0.15, 0.2) is 24.3 Å². The lowest BCUT2D eigenvalue weighted by molar-refractivity contribution is -0.122. The molecule has 0 radical (unpaired) electrons. The van der Waals surface area contributed by atoms with E-state index in [1.807, 2.05) is 31.2 Å². The number of carbonyl (C=O) groups excluding carboxylic acids is 1. The van der Waals surface area contributed by atoms with E-state index in [2.05, 4.69) is 5.32 Å². The fourth-order valence-electron chi connectivity index (χ4n) is 2.45. The number of benzene rings is 1. The van der Waals surface area contributed by atoms with Crippen LogP contribution in [0.5, 0.6) is 0 Å². The van der Waals surface area contributed by atoms with Crippen LogP contribution in [0.25, 0.3) is 0 Å². The van der Waals surface area contributed by atoms with Crippen LogP contribution in [0.1, 0.15) is 31.2 Å². The monoisotopic (exact) mass is 262 g/mol. The van der Waals surface area contributed by atoms with Crippen molar-refractivity contribution in [2.45, 2.75) is 32.6 Å². The maximum absolute atomic E-state index is 12.4. The summed E-state index contributed by atoms with van der Waals surface area (Å²) in [6.07, 6.45) is 3.55. The number of nitrogens with two attached hydrogens (primary N) is 1. The minimum atomic E-state index is -0.639. The maximum Gasteiger partial charge on any atom is 0.237 e. The van der Waals surface area contributed by atoms with Crippen molar-refractivity contribution in [3.05, 3.63) is 29.8 Å². The number of thiocarbonyl (C=S) groups is 1. The van der Waals surface area contributed by atoms with Gasteiger partial charge in [-0.05, 0) is 31.9 Å². The van der Waals surface area contributed by atoms with E-state index in [-0.39, 0.29) is 5.91 Å². The number of amides is 1. The average Bonchev–Trinajstić information content (AvgIpc) is 2.82. The Balaban J connectivity index is 2.15. The van der Waals surface area contributed by atoms with Gasteiger partial charge in [-0.15, -0.1) is 0 Å². The Morgan fingerprint density at radius 2 is 1.83 bits per heavy atom. The molecule has 0 unspecified atom stereocenters. The number of aryl methyl sites for hydroxylation is 1. The highest BCUT2D eigenvalue weighted by atomic mass is 32.1. The molecule has 1 aromatic carbocycles. The average molecular weight is 262 g/mol. The Morgan fingerprint density at radius 1 is 1.28 bits per heavy atom. The van der Waals surface area contributed by atoms with Crippen molar-refractivity contribution in [1.29, 1.82) is 0 Å². The van der Waals surface area contributed by atoms with E-state index in [1.165, 1.54) is 0 Å². The Hall–Kier alpha value is -1.42. The Kier molecular flexibility index (Phi) is 3.66. The quantitative estimate of drug-likeness (QED) is 0.824. The topological polar surface area (TPSA) is 55.1 Å². The van der Waals surface area contributed by atoms with Crippen molar-refractivity contribution in [2.24, 2.45) is 11.1 Å². The van der Waals surface area contributed by atoms with Gasteiger partial charge in [-0.25, -0.2) is 0 Å². The summed E-state index contributed by atoms with van der Waals surface area (Å²) in [6.45, 7) is 2.01. The normalized spacial score (nSPS) is 17.4. The highest BCUT2D eigenvalue weighted by Gasteiger charge is 2.43. The summed E-state index contributed by atoms with van der Waals surface area (Å²) in [5, 5.41) is 2.93. The molecule has 1 aliphatic carbocycles. The fourth-order valence-corrected chi connectivity index (χ4v) is 2.75. The summed E-state index contributed by atoms with van der Waals surface area (Å²) in [5.74, 6) is -0.0589. The van der Waals surface area contributed by atoms with Crippen LogP contribution in [0.3, 0.4) is 0 Å². The smallest absolute Gasteiger partial charge is 0.237 e. The molecule has 0 heterocycles. The molecule has 0 aromatic heterocycles. The molecule has 0 aliphatic heterocycles. The molecule has 0 saturated heterocycles. The molecule has 2 rings (SSSR count). The van der Waals surface area contributed by atoms with Crippen molar-refractivity contribution >= 4 is 28.8 Å². The molecule has 0 spiro atoms. The van der Waals surface area contributed by atoms with Crippen LogP contribution in [-0.4, -0.2) is 10.9 Å². The molecule has 3 N–H and O–H groups in total. The van der Waals surface area contributed by atoms with Crippen molar-refractivity contribution in [3.8, 4) is 0 Å². The van der Waals surface area contributed by atoms with Gasteiger partial charge in [0.25, 0.3) is 0 Å². The van der Waals surface area contributed by atoms with Crippen molar-refractivity contribution in [1.82, 2.24) is 0 Å². The van der Waals surface area contributed by atoms with E-state index >= 15 is 0 Å². The van der Waals surface area contributed by atoms with Gasteiger partial charge >= 0.3 is 0 Å². The lowest BCUT2D eigenvalue weighted by Crippen LogP contribution is -2.43. The highest BCUT2D eigenvalue weighted by molar-refractivity contribution is 7.80.